The lowest BCUT2D eigenvalue weighted by atomic mass is 9.87. The van der Waals surface area contributed by atoms with Crippen LogP contribution in [0.3, 0.4) is 0 Å². The summed E-state index contributed by atoms with van der Waals surface area (Å²) in [5.41, 5.74) is 1.02. The maximum atomic E-state index is 12.9. The van der Waals surface area contributed by atoms with Crippen molar-refractivity contribution in [2.75, 3.05) is 19.8 Å². The van der Waals surface area contributed by atoms with E-state index in [0.717, 1.165) is 50.5 Å². The Morgan fingerprint density at radius 3 is 1.36 bits per heavy atom. The number of aliphatic hydroxyl groups excluding tert-OH is 7. The highest BCUT2D eigenvalue weighted by Crippen LogP contribution is 2.27. The topological polar surface area (TPSA) is 218 Å². The summed E-state index contributed by atoms with van der Waals surface area (Å²) in [6.45, 7) is 7.15. The van der Waals surface area contributed by atoms with Gasteiger partial charge in [0.05, 0.1) is 37.5 Å². The Balaban J connectivity index is 0.000000380. The molecule has 10 atom stereocenters. The summed E-state index contributed by atoms with van der Waals surface area (Å²) < 4.78 is 24.3. The highest BCUT2D eigenvalue weighted by atomic mass is 19.1. The summed E-state index contributed by atoms with van der Waals surface area (Å²) in [5.74, 6) is -0.612. The van der Waals surface area contributed by atoms with E-state index in [1.165, 1.54) is 37.8 Å². The zero-order valence-electron chi connectivity index (χ0n) is 33.4. The predicted octanol–water partition coefficient (Wildman–Crippen LogP) is 2.66. The maximum Gasteiger partial charge on any atom is 0.220 e. The Bertz CT molecular complexity index is 1190. The molecule has 2 aliphatic heterocycles. The number of unbranched alkanes of at least 4 members (excludes halogenated alkanes) is 9. The van der Waals surface area contributed by atoms with E-state index in [0.29, 0.717) is 12.8 Å². The van der Waals surface area contributed by atoms with E-state index in [-0.39, 0.29) is 49.1 Å². The molecule has 1 aromatic rings. The largest absolute Gasteiger partial charge is 0.396 e. The summed E-state index contributed by atoms with van der Waals surface area (Å²) in [5, 5.41) is 73.8. The average Bonchev–Trinajstić information content (AvgIpc) is 3.15. The molecule has 13 nitrogen and oxygen atoms in total. The summed E-state index contributed by atoms with van der Waals surface area (Å²) in [6, 6.07) is 4.90. The number of hydrogen-bond donors (Lipinski definition) is 9. The van der Waals surface area contributed by atoms with Crippen molar-refractivity contribution < 1.29 is 59.2 Å². The van der Waals surface area contributed by atoms with Gasteiger partial charge in [-0.2, -0.15) is 0 Å². The molecule has 0 aromatic heterocycles. The van der Waals surface area contributed by atoms with Crippen molar-refractivity contribution in [3.63, 3.8) is 0 Å². The van der Waals surface area contributed by atoms with Gasteiger partial charge in [0.25, 0.3) is 0 Å². The summed E-state index contributed by atoms with van der Waals surface area (Å²) in [6.07, 6.45) is 5.02. The minimum absolute atomic E-state index is 0.00928. The van der Waals surface area contributed by atoms with Crippen molar-refractivity contribution in [2.45, 2.75) is 179 Å². The molecule has 2 fully saturated rings. The van der Waals surface area contributed by atoms with Crippen LogP contribution in [0, 0.1) is 17.7 Å². The first kappa shape index (κ1) is 48.9. The maximum absolute atomic E-state index is 12.9. The summed E-state index contributed by atoms with van der Waals surface area (Å²) in [4.78, 5) is 24.6. The Labute approximate surface area is 327 Å². The van der Waals surface area contributed by atoms with Gasteiger partial charge in [0.15, 0.2) is 0 Å². The second kappa shape index (κ2) is 26.6. The molecule has 3 rings (SSSR count). The Kier molecular flexibility index (Phi) is 23.6. The number of rotatable bonds is 22. The van der Waals surface area contributed by atoms with Crippen molar-refractivity contribution in [2.24, 2.45) is 11.8 Å². The molecule has 14 heteroatoms. The summed E-state index contributed by atoms with van der Waals surface area (Å²) >= 11 is 0. The zero-order valence-corrected chi connectivity index (χ0v) is 33.4. The number of benzene rings is 1. The van der Waals surface area contributed by atoms with Crippen molar-refractivity contribution in [3.8, 4) is 0 Å². The molecule has 4 unspecified atom stereocenters. The second-order valence-corrected chi connectivity index (χ2v) is 15.8. The number of hydrogen-bond acceptors (Lipinski definition) is 11. The molecule has 2 heterocycles. The first-order valence-electron chi connectivity index (χ1n) is 20.4. The van der Waals surface area contributed by atoms with E-state index in [4.69, 9.17) is 14.6 Å². The van der Waals surface area contributed by atoms with Gasteiger partial charge in [-0.1, -0.05) is 84.8 Å². The van der Waals surface area contributed by atoms with Crippen LogP contribution in [0.4, 0.5) is 4.39 Å². The third-order valence-electron chi connectivity index (χ3n) is 10.5. The van der Waals surface area contributed by atoms with Gasteiger partial charge in [-0.25, -0.2) is 4.39 Å². The molecule has 0 spiro atoms. The lowest BCUT2D eigenvalue weighted by molar-refractivity contribution is -0.204. The number of carbonyl (C=O) groups is 2. The zero-order chi connectivity index (χ0) is 40.9. The molecular formula is C41H71FN2O11. The van der Waals surface area contributed by atoms with Crippen LogP contribution in [0.2, 0.25) is 0 Å². The van der Waals surface area contributed by atoms with Crippen LogP contribution < -0.4 is 10.6 Å². The van der Waals surface area contributed by atoms with Crippen molar-refractivity contribution in [1.29, 1.82) is 0 Å². The number of aryl methyl sites for hydroxylation is 1. The molecule has 0 radical (unpaired) electrons. The van der Waals surface area contributed by atoms with Crippen LogP contribution in [-0.2, 0) is 25.5 Å². The normalized spacial score (nSPS) is 28.1. The molecule has 2 amide bonds. The third-order valence-corrected chi connectivity index (χ3v) is 10.5. The molecule has 9 N–H and O–H groups in total. The van der Waals surface area contributed by atoms with Crippen LogP contribution in [-0.4, -0.2) is 128 Å². The van der Waals surface area contributed by atoms with Crippen molar-refractivity contribution in [3.05, 3.63) is 35.6 Å². The number of aliphatic hydroxyl groups is 7. The van der Waals surface area contributed by atoms with Crippen molar-refractivity contribution >= 4 is 11.8 Å². The molecule has 55 heavy (non-hydrogen) atoms. The highest BCUT2D eigenvalue weighted by Gasteiger charge is 2.47. The number of ether oxygens (including phenoxy) is 2. The number of carbonyl (C=O) groups excluding carboxylic acids is 2. The number of amides is 2. The fourth-order valence-electron chi connectivity index (χ4n) is 7.18. The summed E-state index contributed by atoms with van der Waals surface area (Å²) in [7, 11) is 0. The van der Waals surface area contributed by atoms with E-state index in [1.54, 1.807) is 12.1 Å². The first-order valence-corrected chi connectivity index (χ1v) is 20.4. The van der Waals surface area contributed by atoms with Gasteiger partial charge < -0.3 is 55.9 Å². The van der Waals surface area contributed by atoms with E-state index >= 15 is 0 Å². The first-order chi connectivity index (χ1) is 26.2. The average molecular weight is 787 g/mol. The number of halogens is 1. The molecule has 1 aromatic carbocycles. The fraction of sp³-hybridized carbons (Fsp3) is 0.805. The Morgan fingerprint density at radius 1 is 0.600 bits per heavy atom. The molecule has 0 saturated carbocycles. The van der Waals surface area contributed by atoms with Gasteiger partial charge in [-0.15, -0.1) is 0 Å². The molecule has 0 bridgehead atoms. The van der Waals surface area contributed by atoms with Crippen LogP contribution >= 0.6 is 0 Å². The van der Waals surface area contributed by atoms with Gasteiger partial charge >= 0.3 is 0 Å². The van der Waals surface area contributed by atoms with Gasteiger partial charge in [-0.05, 0) is 61.6 Å². The second-order valence-electron chi connectivity index (χ2n) is 15.8. The fourth-order valence-corrected chi connectivity index (χ4v) is 7.18. The van der Waals surface area contributed by atoms with Gasteiger partial charge in [0.2, 0.25) is 11.8 Å². The predicted molar refractivity (Wildman–Crippen MR) is 206 cm³/mol. The SMILES string of the molecule is CC(C)[C@@H]1OC(CO)[C@@H](O)[C@H](O)C1NC(=O)CCCCCCCCCCCO.CC(C)[C@@H]1OC(CO)[C@@H](O)[C@H](O)C1NC(=O)CCCCc1ccc(F)cc1. The van der Waals surface area contributed by atoms with Crippen LogP contribution in [0.1, 0.15) is 117 Å². The van der Waals surface area contributed by atoms with E-state index in [2.05, 4.69) is 10.6 Å². The van der Waals surface area contributed by atoms with E-state index < -0.39 is 67.5 Å². The minimum atomic E-state index is -1.26. The van der Waals surface area contributed by atoms with Crippen LogP contribution in [0.5, 0.6) is 0 Å². The molecule has 2 aliphatic rings. The number of nitrogens with one attached hydrogen (secondary N) is 2. The smallest absolute Gasteiger partial charge is 0.220 e. The molecule has 2 saturated heterocycles. The molecular weight excluding hydrogens is 715 g/mol. The Hall–Kier alpha value is -2.27. The van der Waals surface area contributed by atoms with Crippen molar-refractivity contribution in [1.82, 2.24) is 10.6 Å². The monoisotopic (exact) mass is 787 g/mol. The lowest BCUT2D eigenvalue weighted by Crippen LogP contribution is -2.65. The standard InChI is InChI=1S/C21H41NO6.C20H30FNO5/c1-15(2)21-18(20(27)19(26)16(14-24)28-21)22-17(25)12-10-8-6-4-3-5-7-9-11-13-23;1-12(2)20-17(19(26)18(25)15(11-23)27-20)22-16(24)6-4-3-5-13-7-9-14(21)10-8-13/h15-16,18-21,23-24,26-27H,3-14H2,1-2H3,(H,22,25);7-10,12,15,17-20,23,25-26H,3-6,11H2,1-2H3,(H,22,24)/t16?,18?,19-,20-,21+;15?,17?,18-,19-,20+/m11/s1. The van der Waals surface area contributed by atoms with Crippen LogP contribution in [0.25, 0.3) is 0 Å². The van der Waals surface area contributed by atoms with Gasteiger partial charge in [-0.3, -0.25) is 9.59 Å². The third kappa shape index (κ3) is 17.0. The minimum Gasteiger partial charge on any atom is -0.396 e. The lowest BCUT2D eigenvalue weighted by Gasteiger charge is -2.44. The van der Waals surface area contributed by atoms with Crippen LogP contribution in [0.15, 0.2) is 24.3 Å². The Morgan fingerprint density at radius 2 is 0.982 bits per heavy atom. The highest BCUT2D eigenvalue weighted by molar-refractivity contribution is 5.76. The molecule has 318 valence electrons. The van der Waals surface area contributed by atoms with E-state index in [1.807, 2.05) is 27.7 Å². The van der Waals surface area contributed by atoms with Gasteiger partial charge in [0, 0.05) is 19.4 Å². The quantitative estimate of drug-likeness (QED) is 0.0779. The molecule has 0 aliphatic carbocycles. The van der Waals surface area contributed by atoms with E-state index in [9.17, 15) is 44.6 Å². The van der Waals surface area contributed by atoms with Gasteiger partial charge in [0.1, 0.15) is 42.4 Å².